The average molecular weight is 887 g/mol. The van der Waals surface area contributed by atoms with Crippen molar-refractivity contribution in [3.63, 3.8) is 0 Å². The largest absolute Gasteiger partial charge is 0.394 e. The number of rotatable bonds is 54. The van der Waals surface area contributed by atoms with Gasteiger partial charge in [-0.15, -0.1) is 0 Å². The fourth-order valence-corrected chi connectivity index (χ4v) is 9.24. The first-order valence-corrected chi connectivity index (χ1v) is 29.1. The Kier molecular flexibility index (Phi) is 54.2. The van der Waals surface area contributed by atoms with Gasteiger partial charge in [-0.1, -0.05) is 301 Å². The minimum atomic E-state index is -0.838. The van der Waals surface area contributed by atoms with Crippen LogP contribution in [-0.2, 0) is 4.79 Å². The summed E-state index contributed by atoms with van der Waals surface area (Å²) >= 11 is 0. The van der Waals surface area contributed by atoms with Gasteiger partial charge in [0.05, 0.1) is 18.8 Å². The molecule has 374 valence electrons. The second kappa shape index (κ2) is 55.2. The fraction of sp³-hybridized carbons (Fsp3) is 0.915. The van der Waals surface area contributed by atoms with E-state index in [0.717, 1.165) is 25.7 Å². The lowest BCUT2D eigenvalue weighted by molar-refractivity contribution is -0.123. The van der Waals surface area contributed by atoms with E-state index in [9.17, 15) is 15.0 Å². The Morgan fingerprint density at radius 1 is 0.365 bits per heavy atom. The summed E-state index contributed by atoms with van der Waals surface area (Å²) in [7, 11) is 0. The minimum Gasteiger partial charge on any atom is -0.394 e. The molecule has 0 aliphatic rings. The van der Waals surface area contributed by atoms with Gasteiger partial charge in [-0.25, -0.2) is 0 Å². The van der Waals surface area contributed by atoms with Crippen molar-refractivity contribution in [1.82, 2.24) is 5.32 Å². The number of unbranched alkanes of at least 4 members (excludes halogenated alkanes) is 45. The van der Waals surface area contributed by atoms with Crippen LogP contribution in [0.25, 0.3) is 0 Å². The van der Waals surface area contributed by atoms with Crippen LogP contribution in [0, 0.1) is 0 Å². The summed E-state index contributed by atoms with van der Waals surface area (Å²) in [6.07, 6.45) is 73.5. The van der Waals surface area contributed by atoms with Crippen LogP contribution in [0.3, 0.4) is 0 Å². The average Bonchev–Trinajstić information content (AvgIpc) is 3.29. The third kappa shape index (κ3) is 51.7. The first-order valence-electron chi connectivity index (χ1n) is 29.1. The smallest absolute Gasteiger partial charge is 0.220 e. The highest BCUT2D eigenvalue weighted by atomic mass is 16.3. The molecule has 0 aromatic rings. The lowest BCUT2D eigenvalue weighted by atomic mass is 10.0. The van der Waals surface area contributed by atoms with Gasteiger partial charge in [0.2, 0.25) is 5.91 Å². The molecule has 0 aliphatic heterocycles. The first kappa shape index (κ1) is 61.9. The predicted octanol–water partition coefficient (Wildman–Crippen LogP) is 19.1. The lowest BCUT2D eigenvalue weighted by Gasteiger charge is -2.20. The number of allylic oxidation sites excluding steroid dienone is 3. The van der Waals surface area contributed by atoms with Gasteiger partial charge in [0, 0.05) is 6.42 Å². The third-order valence-electron chi connectivity index (χ3n) is 13.7. The summed E-state index contributed by atoms with van der Waals surface area (Å²) in [5.74, 6) is -0.0583. The van der Waals surface area contributed by atoms with Gasteiger partial charge < -0.3 is 15.5 Å². The molecular weight excluding hydrogens is 771 g/mol. The highest BCUT2D eigenvalue weighted by Gasteiger charge is 2.18. The number of aliphatic hydroxyl groups excluding tert-OH is 2. The monoisotopic (exact) mass is 886 g/mol. The van der Waals surface area contributed by atoms with Gasteiger partial charge in [-0.2, -0.15) is 0 Å². The zero-order chi connectivity index (χ0) is 45.6. The summed E-state index contributed by atoms with van der Waals surface area (Å²) < 4.78 is 0. The maximum Gasteiger partial charge on any atom is 0.220 e. The van der Waals surface area contributed by atoms with Crippen LogP contribution < -0.4 is 5.32 Å². The van der Waals surface area contributed by atoms with E-state index in [1.165, 1.54) is 283 Å². The van der Waals surface area contributed by atoms with Crippen LogP contribution in [0.15, 0.2) is 24.3 Å². The molecule has 0 bridgehead atoms. The summed E-state index contributed by atoms with van der Waals surface area (Å²) in [6, 6.07) is -0.621. The summed E-state index contributed by atoms with van der Waals surface area (Å²) in [5.41, 5.74) is 0. The quantitative estimate of drug-likeness (QED) is 0.0421. The molecule has 0 aromatic carbocycles. The molecule has 0 aliphatic carbocycles. The lowest BCUT2D eigenvalue weighted by Crippen LogP contribution is -2.45. The van der Waals surface area contributed by atoms with Crippen molar-refractivity contribution < 1.29 is 15.0 Å². The maximum absolute atomic E-state index is 12.5. The van der Waals surface area contributed by atoms with Gasteiger partial charge in [-0.05, 0) is 44.9 Å². The number of aliphatic hydroxyl groups is 2. The first-order chi connectivity index (χ1) is 31.2. The SMILES string of the molecule is CCCCCCCCCCCCCC/C=C\CCCCCCCCCCCCCCCC(=O)NC(CO)C(O)/C=C/CCCCCCCCCCCCCCCCCCCCCC. The number of amides is 1. The maximum atomic E-state index is 12.5. The molecule has 3 N–H and O–H groups in total. The Morgan fingerprint density at radius 3 is 0.873 bits per heavy atom. The molecule has 0 heterocycles. The van der Waals surface area contributed by atoms with Crippen molar-refractivity contribution in [1.29, 1.82) is 0 Å². The number of carbonyl (C=O) groups excluding carboxylic acids is 1. The Hall–Kier alpha value is -1.13. The number of carbonyl (C=O) groups is 1. The van der Waals surface area contributed by atoms with E-state index < -0.39 is 12.1 Å². The number of hydrogen-bond acceptors (Lipinski definition) is 3. The van der Waals surface area contributed by atoms with E-state index >= 15 is 0 Å². The van der Waals surface area contributed by atoms with E-state index in [-0.39, 0.29) is 12.5 Å². The molecule has 1 amide bonds. The van der Waals surface area contributed by atoms with Crippen LogP contribution in [0.4, 0.5) is 0 Å². The van der Waals surface area contributed by atoms with Crippen molar-refractivity contribution in [2.45, 2.75) is 341 Å². The van der Waals surface area contributed by atoms with Crippen LogP contribution in [0.5, 0.6) is 0 Å². The van der Waals surface area contributed by atoms with Crippen LogP contribution in [0.1, 0.15) is 328 Å². The Morgan fingerprint density at radius 2 is 0.603 bits per heavy atom. The van der Waals surface area contributed by atoms with Crippen molar-refractivity contribution >= 4 is 5.91 Å². The standard InChI is InChI=1S/C59H115NO3/c1-3-5-7-9-11-13-15-17-19-21-23-25-27-28-29-30-31-32-33-35-37-39-41-43-45-47-49-51-53-55-59(63)60-57(56-61)58(62)54-52-50-48-46-44-42-40-38-36-34-26-24-22-20-18-16-14-12-10-8-6-4-2/h28-29,52,54,57-58,61-62H,3-27,30-51,53,55-56H2,1-2H3,(H,60,63)/b29-28-,54-52+. The zero-order valence-corrected chi connectivity index (χ0v) is 43.1. The number of nitrogens with one attached hydrogen (secondary N) is 1. The van der Waals surface area contributed by atoms with Crippen molar-refractivity contribution in [2.24, 2.45) is 0 Å². The molecule has 0 radical (unpaired) electrons. The zero-order valence-electron chi connectivity index (χ0n) is 43.1. The normalized spacial score (nSPS) is 12.9. The predicted molar refractivity (Wildman–Crippen MR) is 281 cm³/mol. The van der Waals surface area contributed by atoms with E-state index in [0.29, 0.717) is 6.42 Å². The number of hydrogen-bond donors (Lipinski definition) is 3. The molecule has 0 rings (SSSR count). The minimum absolute atomic E-state index is 0.0583. The van der Waals surface area contributed by atoms with E-state index in [2.05, 4.69) is 31.3 Å². The van der Waals surface area contributed by atoms with Gasteiger partial charge in [0.1, 0.15) is 0 Å². The van der Waals surface area contributed by atoms with E-state index in [1.54, 1.807) is 6.08 Å². The molecule has 0 fully saturated rings. The van der Waals surface area contributed by atoms with E-state index in [1.807, 2.05) is 6.08 Å². The highest BCUT2D eigenvalue weighted by molar-refractivity contribution is 5.76. The Labute approximate surface area is 396 Å². The molecule has 0 saturated heterocycles. The van der Waals surface area contributed by atoms with Gasteiger partial charge in [0.15, 0.2) is 0 Å². The van der Waals surface area contributed by atoms with E-state index in [4.69, 9.17) is 0 Å². The van der Waals surface area contributed by atoms with Crippen LogP contribution in [0.2, 0.25) is 0 Å². The van der Waals surface area contributed by atoms with Crippen molar-refractivity contribution in [2.75, 3.05) is 6.61 Å². The van der Waals surface area contributed by atoms with Crippen molar-refractivity contribution in [3.8, 4) is 0 Å². The molecule has 63 heavy (non-hydrogen) atoms. The molecule has 0 saturated carbocycles. The topological polar surface area (TPSA) is 69.6 Å². The summed E-state index contributed by atoms with van der Waals surface area (Å²) in [4.78, 5) is 12.5. The Bertz CT molecular complexity index is 916. The molecule has 2 atom stereocenters. The molecule has 4 heteroatoms. The fourth-order valence-electron chi connectivity index (χ4n) is 9.24. The van der Waals surface area contributed by atoms with Gasteiger partial charge >= 0.3 is 0 Å². The molecular formula is C59H115NO3. The summed E-state index contributed by atoms with van der Waals surface area (Å²) in [5, 5.41) is 23.2. The molecule has 4 nitrogen and oxygen atoms in total. The Balaban J connectivity index is 3.46. The van der Waals surface area contributed by atoms with Crippen LogP contribution in [-0.4, -0.2) is 34.9 Å². The van der Waals surface area contributed by atoms with Gasteiger partial charge in [0.25, 0.3) is 0 Å². The van der Waals surface area contributed by atoms with Gasteiger partial charge in [-0.3, -0.25) is 4.79 Å². The van der Waals surface area contributed by atoms with Crippen LogP contribution >= 0.6 is 0 Å². The second-order valence-corrected chi connectivity index (χ2v) is 20.1. The molecule has 0 spiro atoms. The molecule has 0 aromatic heterocycles. The summed E-state index contributed by atoms with van der Waals surface area (Å²) in [6.45, 7) is 4.35. The molecule has 2 unspecified atom stereocenters. The highest BCUT2D eigenvalue weighted by Crippen LogP contribution is 2.17. The third-order valence-corrected chi connectivity index (χ3v) is 13.7. The second-order valence-electron chi connectivity index (χ2n) is 20.1. The van der Waals surface area contributed by atoms with Crippen molar-refractivity contribution in [3.05, 3.63) is 24.3 Å².